The lowest BCUT2D eigenvalue weighted by atomic mass is 10.1. The molecule has 0 aromatic rings. The number of likely N-dealkylation sites (tertiary alicyclic amines) is 1. The summed E-state index contributed by atoms with van der Waals surface area (Å²) in [6, 6.07) is 0. The lowest BCUT2D eigenvalue weighted by Crippen LogP contribution is -2.46. The monoisotopic (exact) mass is 314 g/mol. The van der Waals surface area contributed by atoms with Crippen LogP contribution < -0.4 is 0 Å². The van der Waals surface area contributed by atoms with Gasteiger partial charge in [0.25, 0.3) is 0 Å². The SMILES string of the molecule is CCN(CC)C(=O)COC1CCCN(C(=O)OC(C)(C)C)C1. The lowest BCUT2D eigenvalue weighted by molar-refractivity contribution is -0.138. The zero-order valence-corrected chi connectivity index (χ0v) is 14.6. The fourth-order valence-corrected chi connectivity index (χ4v) is 2.42. The second kappa shape index (κ2) is 8.36. The highest BCUT2D eigenvalue weighted by Crippen LogP contribution is 2.17. The largest absolute Gasteiger partial charge is 0.444 e. The molecule has 0 aromatic heterocycles. The normalized spacial score (nSPS) is 19.0. The van der Waals surface area contributed by atoms with Crippen molar-refractivity contribution in [2.24, 2.45) is 0 Å². The minimum atomic E-state index is -0.496. The van der Waals surface area contributed by atoms with Crippen molar-refractivity contribution in [1.82, 2.24) is 9.80 Å². The Balaban J connectivity index is 2.43. The average molecular weight is 314 g/mol. The minimum absolute atomic E-state index is 0.000563. The van der Waals surface area contributed by atoms with E-state index in [2.05, 4.69) is 0 Å². The van der Waals surface area contributed by atoms with Crippen molar-refractivity contribution in [1.29, 1.82) is 0 Å². The summed E-state index contributed by atoms with van der Waals surface area (Å²) >= 11 is 0. The van der Waals surface area contributed by atoms with Crippen LogP contribution in [-0.2, 0) is 14.3 Å². The molecule has 22 heavy (non-hydrogen) atoms. The van der Waals surface area contributed by atoms with E-state index in [0.29, 0.717) is 26.2 Å². The molecule has 6 nitrogen and oxygen atoms in total. The Kier molecular flexibility index (Phi) is 7.13. The van der Waals surface area contributed by atoms with E-state index in [4.69, 9.17) is 9.47 Å². The Labute approximate surface area is 133 Å². The van der Waals surface area contributed by atoms with Crippen LogP contribution in [-0.4, -0.2) is 66.3 Å². The molecule has 1 unspecified atom stereocenters. The number of nitrogens with zero attached hydrogens (tertiary/aromatic N) is 2. The molecular formula is C16H30N2O4. The van der Waals surface area contributed by atoms with E-state index in [1.54, 1.807) is 9.80 Å². The minimum Gasteiger partial charge on any atom is -0.444 e. The fraction of sp³-hybridized carbons (Fsp3) is 0.875. The van der Waals surface area contributed by atoms with Gasteiger partial charge in [0.15, 0.2) is 0 Å². The van der Waals surface area contributed by atoms with Crippen molar-refractivity contribution >= 4 is 12.0 Å². The summed E-state index contributed by atoms with van der Waals surface area (Å²) in [6.07, 6.45) is 1.32. The molecule has 1 saturated heterocycles. The van der Waals surface area contributed by atoms with Gasteiger partial charge in [-0.15, -0.1) is 0 Å². The molecule has 1 aliphatic rings. The van der Waals surface area contributed by atoms with Crippen LogP contribution in [0.3, 0.4) is 0 Å². The van der Waals surface area contributed by atoms with Gasteiger partial charge >= 0.3 is 6.09 Å². The van der Waals surface area contributed by atoms with Crippen LogP contribution in [0.5, 0.6) is 0 Å². The number of piperidine rings is 1. The van der Waals surface area contributed by atoms with Crippen molar-refractivity contribution in [2.45, 2.75) is 59.2 Å². The summed E-state index contributed by atoms with van der Waals surface area (Å²) in [7, 11) is 0. The van der Waals surface area contributed by atoms with E-state index >= 15 is 0 Å². The highest BCUT2D eigenvalue weighted by Gasteiger charge is 2.28. The zero-order chi connectivity index (χ0) is 16.8. The summed E-state index contributed by atoms with van der Waals surface area (Å²) in [4.78, 5) is 27.4. The second-order valence-corrected chi connectivity index (χ2v) is 6.57. The fourth-order valence-electron chi connectivity index (χ4n) is 2.42. The van der Waals surface area contributed by atoms with E-state index in [-0.39, 0.29) is 24.7 Å². The molecule has 1 heterocycles. The first-order chi connectivity index (χ1) is 10.3. The third-order valence-electron chi connectivity index (χ3n) is 3.59. The highest BCUT2D eigenvalue weighted by atomic mass is 16.6. The van der Waals surface area contributed by atoms with Crippen molar-refractivity contribution in [3.63, 3.8) is 0 Å². The van der Waals surface area contributed by atoms with Crippen LogP contribution in [0.1, 0.15) is 47.5 Å². The summed E-state index contributed by atoms with van der Waals surface area (Å²) in [6.45, 7) is 12.1. The van der Waals surface area contributed by atoms with E-state index in [1.807, 2.05) is 34.6 Å². The molecule has 0 aliphatic carbocycles. The summed E-state index contributed by atoms with van der Waals surface area (Å²) in [5.74, 6) is -0.000563. The predicted octanol–water partition coefficient (Wildman–Crippen LogP) is 2.27. The maximum atomic E-state index is 12.1. The standard InChI is InChI=1S/C16H30N2O4/c1-6-17(7-2)14(19)12-21-13-9-8-10-18(11-13)15(20)22-16(3,4)5/h13H,6-12H2,1-5H3. The molecule has 0 bridgehead atoms. The van der Waals surface area contributed by atoms with Crippen molar-refractivity contribution < 1.29 is 19.1 Å². The third-order valence-corrected chi connectivity index (χ3v) is 3.59. The van der Waals surface area contributed by atoms with Crippen LogP contribution in [0, 0.1) is 0 Å². The van der Waals surface area contributed by atoms with Gasteiger partial charge in [-0.25, -0.2) is 4.79 Å². The highest BCUT2D eigenvalue weighted by molar-refractivity contribution is 5.77. The Morgan fingerprint density at radius 1 is 1.23 bits per heavy atom. The molecule has 0 spiro atoms. The number of carbonyl (C=O) groups excluding carboxylic acids is 2. The Morgan fingerprint density at radius 3 is 2.41 bits per heavy atom. The molecule has 1 atom stereocenters. The molecule has 6 heteroatoms. The quantitative estimate of drug-likeness (QED) is 0.781. The Hall–Kier alpha value is -1.30. The van der Waals surface area contributed by atoms with E-state index in [9.17, 15) is 9.59 Å². The van der Waals surface area contributed by atoms with Gasteiger partial charge in [-0.3, -0.25) is 4.79 Å². The topological polar surface area (TPSA) is 59.1 Å². The summed E-state index contributed by atoms with van der Waals surface area (Å²) < 4.78 is 11.1. The van der Waals surface area contributed by atoms with Crippen LogP contribution >= 0.6 is 0 Å². The lowest BCUT2D eigenvalue weighted by Gasteiger charge is -2.34. The van der Waals surface area contributed by atoms with Gasteiger partial charge < -0.3 is 19.3 Å². The first-order valence-electron chi connectivity index (χ1n) is 8.14. The van der Waals surface area contributed by atoms with Gasteiger partial charge in [0, 0.05) is 19.6 Å². The van der Waals surface area contributed by atoms with Gasteiger partial charge in [0.2, 0.25) is 5.91 Å². The molecule has 2 amide bonds. The number of amides is 2. The third kappa shape index (κ3) is 6.22. The maximum absolute atomic E-state index is 12.1. The van der Waals surface area contributed by atoms with E-state index in [1.165, 1.54) is 0 Å². The zero-order valence-electron chi connectivity index (χ0n) is 14.6. The summed E-state index contributed by atoms with van der Waals surface area (Å²) in [5, 5.41) is 0. The Bertz CT molecular complexity index is 375. The number of ether oxygens (including phenoxy) is 2. The molecule has 1 fully saturated rings. The van der Waals surface area contributed by atoms with Crippen molar-refractivity contribution in [3.05, 3.63) is 0 Å². The average Bonchev–Trinajstić information content (AvgIpc) is 2.45. The van der Waals surface area contributed by atoms with Crippen LogP contribution in [0.2, 0.25) is 0 Å². The van der Waals surface area contributed by atoms with Crippen LogP contribution in [0.15, 0.2) is 0 Å². The molecule has 1 rings (SSSR count). The molecule has 0 aromatic carbocycles. The first-order valence-corrected chi connectivity index (χ1v) is 8.14. The van der Waals surface area contributed by atoms with Gasteiger partial charge in [-0.05, 0) is 47.5 Å². The van der Waals surface area contributed by atoms with Gasteiger partial charge in [-0.1, -0.05) is 0 Å². The number of hydrogen-bond acceptors (Lipinski definition) is 4. The molecule has 128 valence electrons. The van der Waals surface area contributed by atoms with Gasteiger partial charge in [0.1, 0.15) is 12.2 Å². The second-order valence-electron chi connectivity index (χ2n) is 6.57. The Morgan fingerprint density at radius 2 is 1.86 bits per heavy atom. The maximum Gasteiger partial charge on any atom is 0.410 e. The molecule has 0 radical (unpaired) electrons. The number of likely N-dealkylation sites (N-methyl/N-ethyl adjacent to an activating group) is 1. The molecular weight excluding hydrogens is 284 g/mol. The van der Waals surface area contributed by atoms with Crippen LogP contribution in [0.4, 0.5) is 4.79 Å². The molecule has 0 N–H and O–H groups in total. The van der Waals surface area contributed by atoms with E-state index < -0.39 is 5.60 Å². The first kappa shape index (κ1) is 18.7. The molecule has 1 aliphatic heterocycles. The number of rotatable bonds is 5. The van der Waals surface area contributed by atoms with Crippen LogP contribution in [0.25, 0.3) is 0 Å². The number of carbonyl (C=O) groups is 2. The molecule has 0 saturated carbocycles. The van der Waals surface area contributed by atoms with Crippen molar-refractivity contribution in [2.75, 3.05) is 32.8 Å². The van der Waals surface area contributed by atoms with Crippen molar-refractivity contribution in [3.8, 4) is 0 Å². The van der Waals surface area contributed by atoms with Gasteiger partial charge in [-0.2, -0.15) is 0 Å². The number of hydrogen-bond donors (Lipinski definition) is 0. The van der Waals surface area contributed by atoms with Gasteiger partial charge in [0.05, 0.1) is 12.6 Å². The summed E-state index contributed by atoms with van der Waals surface area (Å²) in [5.41, 5.74) is -0.496. The smallest absolute Gasteiger partial charge is 0.410 e. The van der Waals surface area contributed by atoms with E-state index in [0.717, 1.165) is 12.8 Å². The predicted molar refractivity (Wildman–Crippen MR) is 84.7 cm³/mol.